The van der Waals surface area contributed by atoms with E-state index in [4.69, 9.17) is 0 Å². The molecule has 0 amide bonds. The largest absolute Gasteiger partial charge is 0.256 e. The van der Waals surface area contributed by atoms with E-state index >= 15 is 0 Å². The highest BCUT2D eigenvalue weighted by Gasteiger charge is 2.16. The van der Waals surface area contributed by atoms with Crippen LogP contribution < -0.4 is 0 Å². The third kappa shape index (κ3) is 3.25. The number of fused-ring (bicyclic) bond motifs is 2. The Kier molecular flexibility index (Phi) is 4.28. The number of benzene rings is 2. The normalized spacial score (nSPS) is 12.5. The van der Waals surface area contributed by atoms with Crippen LogP contribution in [0.1, 0.15) is 18.5 Å². The van der Waals surface area contributed by atoms with Gasteiger partial charge in [0, 0.05) is 17.1 Å². The second kappa shape index (κ2) is 6.97. The Morgan fingerprint density at radius 3 is 2.62 bits per heavy atom. The summed E-state index contributed by atoms with van der Waals surface area (Å²) in [6.45, 7) is 2.04. The van der Waals surface area contributed by atoms with Crippen molar-refractivity contribution in [2.24, 2.45) is 0 Å². The molecule has 0 bridgehead atoms. The molecule has 142 valence electrons. The minimum atomic E-state index is -0.256. The zero-order chi connectivity index (χ0) is 20.0. The Hall–Kier alpha value is -3.26. The van der Waals surface area contributed by atoms with Gasteiger partial charge in [-0.1, -0.05) is 23.4 Å². The van der Waals surface area contributed by atoms with Crippen LogP contribution in [0.2, 0.25) is 0 Å². The maximum Gasteiger partial charge on any atom is 0.221 e. The molecule has 5 rings (SSSR count). The zero-order valence-electron chi connectivity index (χ0n) is 15.3. The lowest BCUT2D eigenvalue weighted by molar-refractivity contribution is 0.556. The average Bonchev–Trinajstić information content (AvgIpc) is 3.16. The first kappa shape index (κ1) is 17.8. The lowest BCUT2D eigenvalue weighted by atomic mass is 10.0. The first-order valence-electron chi connectivity index (χ1n) is 8.97. The lowest BCUT2D eigenvalue weighted by Gasteiger charge is -2.13. The third-order valence-electron chi connectivity index (χ3n) is 4.89. The quantitative estimate of drug-likeness (QED) is 0.390. The van der Waals surface area contributed by atoms with Crippen molar-refractivity contribution >= 4 is 38.1 Å². The molecule has 0 N–H and O–H groups in total. The molecular formula is C21H14BrFN6. The molecule has 8 heteroatoms. The first-order valence-corrected chi connectivity index (χ1v) is 9.77. The Morgan fingerprint density at radius 2 is 1.79 bits per heavy atom. The topological polar surface area (TPSA) is 69.4 Å². The van der Waals surface area contributed by atoms with Crippen molar-refractivity contribution in [2.75, 3.05) is 0 Å². The Morgan fingerprint density at radius 1 is 0.966 bits per heavy atom. The maximum absolute atomic E-state index is 13.2. The van der Waals surface area contributed by atoms with Gasteiger partial charge in [-0.25, -0.2) is 19.0 Å². The molecular weight excluding hydrogens is 435 g/mol. The van der Waals surface area contributed by atoms with E-state index in [1.807, 2.05) is 19.1 Å². The van der Waals surface area contributed by atoms with Crippen LogP contribution in [0.5, 0.6) is 0 Å². The first-order chi connectivity index (χ1) is 14.1. The third-order valence-corrected chi connectivity index (χ3v) is 5.27. The van der Waals surface area contributed by atoms with Crippen LogP contribution in [0.4, 0.5) is 4.39 Å². The van der Waals surface area contributed by atoms with Crippen LogP contribution in [-0.2, 0) is 0 Å². The second-order valence-electron chi connectivity index (χ2n) is 6.73. The Balaban J connectivity index is 1.57. The van der Waals surface area contributed by atoms with Crippen molar-refractivity contribution in [3.05, 3.63) is 76.9 Å². The number of rotatable bonds is 3. The molecule has 0 saturated carbocycles. The highest BCUT2D eigenvalue weighted by atomic mass is 79.9. The summed E-state index contributed by atoms with van der Waals surface area (Å²) in [7, 11) is 0. The number of nitrogens with zero attached hydrogens (tertiary/aromatic N) is 6. The molecule has 0 aliphatic heterocycles. The van der Waals surface area contributed by atoms with Crippen molar-refractivity contribution in [3.8, 4) is 11.1 Å². The molecule has 29 heavy (non-hydrogen) atoms. The van der Waals surface area contributed by atoms with Gasteiger partial charge in [-0.05, 0) is 64.3 Å². The summed E-state index contributed by atoms with van der Waals surface area (Å²) in [6, 6.07) is 14.5. The van der Waals surface area contributed by atoms with Crippen molar-refractivity contribution in [2.45, 2.75) is 13.0 Å². The molecule has 3 heterocycles. The highest BCUT2D eigenvalue weighted by Crippen LogP contribution is 2.27. The molecule has 0 aliphatic carbocycles. The fraction of sp³-hybridized carbons (Fsp3) is 0.0952. The van der Waals surface area contributed by atoms with Crippen molar-refractivity contribution in [1.82, 2.24) is 29.9 Å². The Bertz CT molecular complexity index is 1350. The van der Waals surface area contributed by atoms with E-state index < -0.39 is 0 Å². The van der Waals surface area contributed by atoms with E-state index in [1.165, 1.54) is 12.1 Å². The minimum Gasteiger partial charge on any atom is -0.256 e. The Labute approximate surface area is 173 Å². The molecule has 6 nitrogen and oxygen atoms in total. The predicted octanol–water partition coefficient (Wildman–Crippen LogP) is 4.95. The van der Waals surface area contributed by atoms with Crippen LogP contribution >= 0.6 is 15.9 Å². The van der Waals surface area contributed by atoms with Crippen LogP contribution in [-0.4, -0.2) is 29.9 Å². The number of pyridine rings is 1. The van der Waals surface area contributed by atoms with E-state index in [0.29, 0.717) is 15.9 Å². The maximum atomic E-state index is 13.2. The smallest absolute Gasteiger partial charge is 0.221 e. The molecule has 0 aliphatic rings. The van der Waals surface area contributed by atoms with Crippen LogP contribution in [0.25, 0.3) is 33.3 Å². The molecule has 3 aromatic heterocycles. The fourth-order valence-electron chi connectivity index (χ4n) is 3.32. The summed E-state index contributed by atoms with van der Waals surface area (Å²) in [5, 5.41) is 9.33. The van der Waals surface area contributed by atoms with Crippen molar-refractivity contribution in [3.63, 3.8) is 0 Å². The van der Waals surface area contributed by atoms with E-state index in [0.717, 1.165) is 27.6 Å². The van der Waals surface area contributed by atoms with Gasteiger partial charge in [-0.15, -0.1) is 5.10 Å². The summed E-state index contributed by atoms with van der Waals surface area (Å²) in [4.78, 5) is 13.2. The van der Waals surface area contributed by atoms with E-state index in [2.05, 4.69) is 53.3 Å². The zero-order valence-corrected chi connectivity index (χ0v) is 16.9. The predicted molar refractivity (Wildman–Crippen MR) is 112 cm³/mol. The highest BCUT2D eigenvalue weighted by molar-refractivity contribution is 9.10. The van der Waals surface area contributed by atoms with Crippen LogP contribution in [0, 0.1) is 5.82 Å². The average molecular weight is 449 g/mol. The number of aromatic nitrogens is 6. The summed E-state index contributed by atoms with van der Waals surface area (Å²) in [5.74, 6) is -0.256. The molecule has 5 aromatic rings. The second-order valence-corrected chi connectivity index (χ2v) is 7.55. The number of hydrogen-bond donors (Lipinski definition) is 0. The monoisotopic (exact) mass is 448 g/mol. The van der Waals surface area contributed by atoms with Crippen molar-refractivity contribution < 1.29 is 4.39 Å². The summed E-state index contributed by atoms with van der Waals surface area (Å²) < 4.78 is 15.6. The standard InChI is InChI=1S/C21H14BrFN6/c1-12(29-21-20(27-28-29)25-11-19(22)26-21)14-4-7-18-15(8-14)9-16(10-24-18)13-2-5-17(23)6-3-13/h2-12H,1H3. The molecule has 0 spiro atoms. The van der Waals surface area contributed by atoms with Gasteiger partial charge in [0.05, 0.1) is 17.8 Å². The van der Waals surface area contributed by atoms with Gasteiger partial charge in [0.2, 0.25) is 5.65 Å². The summed E-state index contributed by atoms with van der Waals surface area (Å²) >= 11 is 3.35. The van der Waals surface area contributed by atoms with Gasteiger partial charge in [-0.3, -0.25) is 4.98 Å². The van der Waals surface area contributed by atoms with Crippen LogP contribution in [0.3, 0.4) is 0 Å². The van der Waals surface area contributed by atoms with Gasteiger partial charge in [0.1, 0.15) is 10.4 Å². The summed E-state index contributed by atoms with van der Waals surface area (Å²) in [5.41, 5.74) is 4.90. The van der Waals surface area contributed by atoms with Gasteiger partial charge in [-0.2, -0.15) is 0 Å². The van der Waals surface area contributed by atoms with Crippen LogP contribution in [0.15, 0.2) is 65.5 Å². The molecule has 1 atom stereocenters. The van der Waals surface area contributed by atoms with Gasteiger partial charge in [0.15, 0.2) is 5.65 Å². The SMILES string of the molecule is CC(c1ccc2ncc(-c3ccc(F)cc3)cc2c1)n1nnc2ncc(Br)nc21. The number of halogens is 2. The molecule has 1 unspecified atom stereocenters. The van der Waals surface area contributed by atoms with E-state index in [-0.39, 0.29) is 11.9 Å². The fourth-order valence-corrected chi connectivity index (χ4v) is 3.59. The molecule has 0 fully saturated rings. The minimum absolute atomic E-state index is 0.0949. The van der Waals surface area contributed by atoms with Crippen molar-refractivity contribution in [1.29, 1.82) is 0 Å². The number of hydrogen-bond acceptors (Lipinski definition) is 5. The molecule has 0 saturated heterocycles. The molecule has 0 radical (unpaired) electrons. The van der Waals surface area contributed by atoms with Gasteiger partial charge >= 0.3 is 0 Å². The summed E-state index contributed by atoms with van der Waals surface area (Å²) in [6.07, 6.45) is 3.40. The van der Waals surface area contributed by atoms with E-state index in [9.17, 15) is 4.39 Å². The lowest BCUT2D eigenvalue weighted by Crippen LogP contribution is -2.09. The molecule has 2 aromatic carbocycles. The van der Waals surface area contributed by atoms with Gasteiger partial charge in [0.25, 0.3) is 0 Å². The van der Waals surface area contributed by atoms with Gasteiger partial charge < -0.3 is 0 Å². The van der Waals surface area contributed by atoms with E-state index in [1.54, 1.807) is 29.2 Å².